The monoisotopic (exact) mass is 288 g/mol. The van der Waals surface area contributed by atoms with E-state index >= 15 is 0 Å². The molecule has 0 saturated heterocycles. The third-order valence-corrected chi connectivity index (χ3v) is 3.00. The van der Waals surface area contributed by atoms with Gasteiger partial charge in [-0.05, 0) is 25.5 Å². The third-order valence-electron chi connectivity index (χ3n) is 2.26. The van der Waals surface area contributed by atoms with Gasteiger partial charge in [-0.2, -0.15) is 0 Å². The fourth-order valence-electron chi connectivity index (χ4n) is 1.40. The van der Waals surface area contributed by atoms with Gasteiger partial charge >= 0.3 is 5.97 Å². The molecule has 0 fully saturated rings. The van der Waals surface area contributed by atoms with Crippen LogP contribution >= 0.6 is 15.9 Å². The summed E-state index contributed by atoms with van der Waals surface area (Å²) in [5.41, 5.74) is 0.517. The molecule has 1 rings (SSSR count). The summed E-state index contributed by atoms with van der Waals surface area (Å²) in [5, 5.41) is 0. The van der Waals surface area contributed by atoms with Crippen molar-refractivity contribution in [3.05, 3.63) is 34.1 Å². The molecule has 0 aliphatic rings. The fourth-order valence-corrected chi connectivity index (χ4v) is 1.91. The number of hydrogen-bond acceptors (Lipinski definition) is 2. The Kier molecular flexibility index (Phi) is 4.93. The average molecular weight is 289 g/mol. The van der Waals surface area contributed by atoms with E-state index in [0.717, 1.165) is 0 Å². The molecule has 0 heterocycles. The standard InChI is InChI=1S/C12H14BrFO2/c1-3-16-12(15)8(2)7-9-10(13)5-4-6-11(9)14/h4-6,8H,3,7H2,1-2H3. The van der Waals surface area contributed by atoms with E-state index in [2.05, 4.69) is 15.9 Å². The van der Waals surface area contributed by atoms with Crippen molar-refractivity contribution in [1.82, 2.24) is 0 Å². The lowest BCUT2D eigenvalue weighted by Gasteiger charge is -2.12. The smallest absolute Gasteiger partial charge is 0.308 e. The molecule has 88 valence electrons. The molecule has 0 aliphatic heterocycles. The van der Waals surface area contributed by atoms with Gasteiger partial charge in [-0.3, -0.25) is 4.79 Å². The van der Waals surface area contributed by atoms with E-state index in [0.29, 0.717) is 23.1 Å². The van der Waals surface area contributed by atoms with Gasteiger partial charge in [-0.25, -0.2) is 4.39 Å². The van der Waals surface area contributed by atoms with Crippen LogP contribution in [0.4, 0.5) is 4.39 Å². The van der Waals surface area contributed by atoms with Crippen LogP contribution in [0.25, 0.3) is 0 Å². The second-order valence-corrected chi connectivity index (χ2v) is 4.41. The molecule has 0 aliphatic carbocycles. The maximum absolute atomic E-state index is 13.5. The minimum Gasteiger partial charge on any atom is -0.466 e. The molecule has 0 aromatic heterocycles. The lowest BCUT2D eigenvalue weighted by molar-refractivity contribution is -0.147. The van der Waals surface area contributed by atoms with Crippen LogP contribution in [0.5, 0.6) is 0 Å². The van der Waals surface area contributed by atoms with Gasteiger partial charge in [0.25, 0.3) is 0 Å². The highest BCUT2D eigenvalue weighted by Gasteiger charge is 2.18. The summed E-state index contributed by atoms with van der Waals surface area (Å²) in [7, 11) is 0. The van der Waals surface area contributed by atoms with Crippen LogP contribution in [0, 0.1) is 11.7 Å². The van der Waals surface area contributed by atoms with Gasteiger partial charge in [-0.1, -0.05) is 28.9 Å². The maximum Gasteiger partial charge on any atom is 0.308 e. The van der Waals surface area contributed by atoms with Crippen molar-refractivity contribution in [2.24, 2.45) is 5.92 Å². The Morgan fingerprint density at radius 1 is 1.56 bits per heavy atom. The zero-order valence-corrected chi connectivity index (χ0v) is 10.9. The highest BCUT2D eigenvalue weighted by atomic mass is 79.9. The van der Waals surface area contributed by atoms with Crippen molar-refractivity contribution in [1.29, 1.82) is 0 Å². The summed E-state index contributed by atoms with van der Waals surface area (Å²) in [6.07, 6.45) is 0.339. The van der Waals surface area contributed by atoms with Gasteiger partial charge in [0.05, 0.1) is 12.5 Å². The molecule has 1 atom stereocenters. The van der Waals surface area contributed by atoms with E-state index in [9.17, 15) is 9.18 Å². The molecule has 0 saturated carbocycles. The maximum atomic E-state index is 13.5. The quantitative estimate of drug-likeness (QED) is 0.795. The predicted molar refractivity (Wildman–Crippen MR) is 63.6 cm³/mol. The number of halogens is 2. The van der Waals surface area contributed by atoms with Gasteiger partial charge in [0.1, 0.15) is 5.82 Å². The zero-order valence-electron chi connectivity index (χ0n) is 9.30. The topological polar surface area (TPSA) is 26.3 Å². The van der Waals surface area contributed by atoms with Crippen molar-refractivity contribution in [2.75, 3.05) is 6.61 Å². The van der Waals surface area contributed by atoms with Crippen molar-refractivity contribution in [3.63, 3.8) is 0 Å². The summed E-state index contributed by atoms with van der Waals surface area (Å²) in [4.78, 5) is 11.4. The Hall–Kier alpha value is -0.900. The lowest BCUT2D eigenvalue weighted by Crippen LogP contribution is -2.17. The minimum atomic E-state index is -0.340. The molecular formula is C12H14BrFO2. The van der Waals surface area contributed by atoms with Crippen LogP contribution in [0.1, 0.15) is 19.4 Å². The number of rotatable bonds is 4. The van der Waals surface area contributed by atoms with E-state index in [1.54, 1.807) is 26.0 Å². The van der Waals surface area contributed by atoms with Crippen molar-refractivity contribution >= 4 is 21.9 Å². The van der Waals surface area contributed by atoms with Gasteiger partial charge < -0.3 is 4.74 Å². The van der Waals surface area contributed by atoms with Crippen LogP contribution < -0.4 is 0 Å². The minimum absolute atomic E-state index is 0.294. The summed E-state index contributed by atoms with van der Waals surface area (Å²) >= 11 is 3.27. The van der Waals surface area contributed by atoms with Gasteiger partial charge in [-0.15, -0.1) is 0 Å². The Balaban J connectivity index is 2.76. The third kappa shape index (κ3) is 3.30. The van der Waals surface area contributed by atoms with Crippen LogP contribution in [0.2, 0.25) is 0 Å². The molecule has 0 N–H and O–H groups in total. The van der Waals surface area contributed by atoms with Gasteiger partial charge in [0.15, 0.2) is 0 Å². The van der Waals surface area contributed by atoms with E-state index in [1.807, 2.05) is 0 Å². The molecule has 2 nitrogen and oxygen atoms in total. The second kappa shape index (κ2) is 5.99. The summed E-state index contributed by atoms with van der Waals surface area (Å²) < 4.78 is 19.0. The number of benzene rings is 1. The molecule has 0 bridgehead atoms. The Morgan fingerprint density at radius 2 is 2.25 bits per heavy atom. The molecule has 1 aromatic rings. The van der Waals surface area contributed by atoms with Crippen LogP contribution in [-0.4, -0.2) is 12.6 Å². The van der Waals surface area contributed by atoms with Crippen molar-refractivity contribution in [2.45, 2.75) is 20.3 Å². The first-order valence-electron chi connectivity index (χ1n) is 5.15. The van der Waals surface area contributed by atoms with Crippen molar-refractivity contribution in [3.8, 4) is 0 Å². The Labute approximate surface area is 103 Å². The SMILES string of the molecule is CCOC(=O)C(C)Cc1c(F)cccc1Br. The Bertz CT molecular complexity index is 359. The van der Waals surface area contributed by atoms with Crippen molar-refractivity contribution < 1.29 is 13.9 Å². The van der Waals surface area contributed by atoms with Gasteiger partial charge in [0, 0.05) is 10.0 Å². The highest BCUT2D eigenvalue weighted by Crippen LogP contribution is 2.23. The first kappa shape index (κ1) is 13.2. The molecule has 1 unspecified atom stereocenters. The van der Waals surface area contributed by atoms with Crippen LogP contribution in [0.3, 0.4) is 0 Å². The molecule has 0 radical (unpaired) electrons. The molecule has 0 amide bonds. The first-order valence-corrected chi connectivity index (χ1v) is 5.95. The van der Waals surface area contributed by atoms with E-state index < -0.39 is 0 Å². The molecule has 1 aromatic carbocycles. The van der Waals surface area contributed by atoms with E-state index in [-0.39, 0.29) is 17.7 Å². The summed E-state index contributed by atoms with van der Waals surface area (Å²) in [6.45, 7) is 3.84. The second-order valence-electron chi connectivity index (χ2n) is 3.56. The number of ether oxygens (including phenoxy) is 1. The number of hydrogen-bond donors (Lipinski definition) is 0. The molecular weight excluding hydrogens is 275 g/mol. The molecule has 16 heavy (non-hydrogen) atoms. The van der Waals surface area contributed by atoms with E-state index in [1.165, 1.54) is 6.07 Å². The Morgan fingerprint density at radius 3 is 2.81 bits per heavy atom. The van der Waals surface area contributed by atoms with E-state index in [4.69, 9.17) is 4.74 Å². The fraction of sp³-hybridized carbons (Fsp3) is 0.417. The predicted octanol–water partition coefficient (Wildman–Crippen LogP) is 3.33. The van der Waals surface area contributed by atoms with Crippen LogP contribution in [0.15, 0.2) is 22.7 Å². The number of esters is 1. The lowest BCUT2D eigenvalue weighted by atomic mass is 10.0. The zero-order chi connectivity index (χ0) is 12.1. The largest absolute Gasteiger partial charge is 0.466 e. The van der Waals surface area contributed by atoms with Gasteiger partial charge in [0.2, 0.25) is 0 Å². The molecule has 4 heteroatoms. The molecule has 0 spiro atoms. The summed E-state index contributed by atoms with van der Waals surface area (Å²) in [5.74, 6) is -0.934. The van der Waals surface area contributed by atoms with Crippen LogP contribution in [-0.2, 0) is 16.0 Å². The number of carbonyl (C=O) groups excluding carboxylic acids is 1. The highest BCUT2D eigenvalue weighted by molar-refractivity contribution is 9.10. The first-order chi connectivity index (χ1) is 7.56. The summed E-state index contributed by atoms with van der Waals surface area (Å²) in [6, 6.07) is 4.77. The average Bonchev–Trinajstić information content (AvgIpc) is 2.23. The normalized spacial score (nSPS) is 12.2. The number of carbonyl (C=O) groups is 1.